The van der Waals surface area contributed by atoms with Gasteiger partial charge in [-0.15, -0.1) is 0 Å². The van der Waals surface area contributed by atoms with Gasteiger partial charge in [0.1, 0.15) is 0 Å². The van der Waals surface area contributed by atoms with Crippen LogP contribution in [0.15, 0.2) is 30.3 Å². The van der Waals surface area contributed by atoms with E-state index in [2.05, 4.69) is 0 Å². The molecule has 2 N–H and O–H groups in total. The third-order valence-electron chi connectivity index (χ3n) is 1.34. The van der Waals surface area contributed by atoms with Gasteiger partial charge in [-0.2, -0.15) is 0 Å². The van der Waals surface area contributed by atoms with E-state index in [0.717, 1.165) is 0 Å². The molecule has 0 aliphatic carbocycles. The Morgan fingerprint density at radius 2 is 1.80 bits per heavy atom. The van der Waals surface area contributed by atoms with Crippen LogP contribution in [0, 0.1) is 0 Å². The molecule has 1 aromatic rings. The Hall–Kier alpha value is -0.890. The molecule has 0 aliphatic heterocycles. The number of alkyl halides is 1. The van der Waals surface area contributed by atoms with E-state index in [4.69, 9.17) is 5.73 Å². The second-order valence-electron chi connectivity index (χ2n) is 2.44. The summed E-state index contributed by atoms with van der Waals surface area (Å²) in [5.74, 6) is -1.71. The molecule has 0 radical (unpaired) electrons. The van der Waals surface area contributed by atoms with Gasteiger partial charge in [-0.05, 0) is 6.92 Å². The lowest BCUT2D eigenvalue weighted by molar-refractivity contribution is 0.203. The molecule has 2 heteroatoms. The molecule has 0 saturated carbocycles. The number of halogens is 1. The predicted octanol–water partition coefficient (Wildman–Crippen LogP) is 1.79. The van der Waals surface area contributed by atoms with Gasteiger partial charge in [0.15, 0.2) is 5.79 Å². The number of nitrogens with two attached hydrogens (primary N) is 1. The second kappa shape index (κ2) is 2.39. The molecule has 1 unspecified atom stereocenters. The lowest BCUT2D eigenvalue weighted by atomic mass is 10.1. The fourth-order valence-corrected chi connectivity index (χ4v) is 0.764. The zero-order chi connectivity index (χ0) is 7.61. The predicted molar refractivity (Wildman–Crippen MR) is 39.1 cm³/mol. The summed E-state index contributed by atoms with van der Waals surface area (Å²) in [6.45, 7) is 1.34. The summed E-state index contributed by atoms with van der Waals surface area (Å²) in [5, 5.41) is 0. The molecular formula is C8H10FN. The SMILES string of the molecule is CC(N)(F)c1ccccc1. The maximum Gasteiger partial charge on any atom is 0.182 e. The Balaban J connectivity index is 2.97. The molecule has 1 atom stereocenters. The van der Waals surface area contributed by atoms with Gasteiger partial charge in [-0.1, -0.05) is 30.3 Å². The molecule has 1 nitrogen and oxygen atoms in total. The molecule has 0 amide bonds. The quantitative estimate of drug-likeness (QED) is 0.590. The summed E-state index contributed by atoms with van der Waals surface area (Å²) in [5.41, 5.74) is 5.70. The Morgan fingerprint density at radius 3 is 2.10 bits per heavy atom. The van der Waals surface area contributed by atoms with Crippen molar-refractivity contribution in [3.63, 3.8) is 0 Å². The van der Waals surface area contributed by atoms with Crippen LogP contribution in [-0.4, -0.2) is 0 Å². The Labute approximate surface area is 59.7 Å². The van der Waals surface area contributed by atoms with E-state index in [0.29, 0.717) is 5.56 Å². The van der Waals surface area contributed by atoms with Gasteiger partial charge in [-0.3, -0.25) is 5.73 Å². The summed E-state index contributed by atoms with van der Waals surface area (Å²) in [6, 6.07) is 8.69. The summed E-state index contributed by atoms with van der Waals surface area (Å²) in [7, 11) is 0. The Morgan fingerprint density at radius 1 is 1.30 bits per heavy atom. The smallest absolute Gasteiger partial charge is 0.182 e. The van der Waals surface area contributed by atoms with E-state index in [1.807, 2.05) is 6.07 Å². The average Bonchev–Trinajstić information content (AvgIpc) is 1.88. The summed E-state index contributed by atoms with van der Waals surface area (Å²) < 4.78 is 12.9. The number of rotatable bonds is 1. The zero-order valence-corrected chi connectivity index (χ0v) is 5.84. The molecule has 1 aromatic carbocycles. The molecular weight excluding hydrogens is 129 g/mol. The third kappa shape index (κ3) is 1.54. The fraction of sp³-hybridized carbons (Fsp3) is 0.250. The topological polar surface area (TPSA) is 26.0 Å². The van der Waals surface area contributed by atoms with Gasteiger partial charge in [-0.25, -0.2) is 4.39 Å². The zero-order valence-electron chi connectivity index (χ0n) is 5.84. The maximum absolute atomic E-state index is 12.9. The van der Waals surface area contributed by atoms with Crippen molar-refractivity contribution in [3.05, 3.63) is 35.9 Å². The third-order valence-corrected chi connectivity index (χ3v) is 1.34. The van der Waals surface area contributed by atoms with E-state index < -0.39 is 5.79 Å². The minimum absolute atomic E-state index is 0.509. The monoisotopic (exact) mass is 139 g/mol. The highest BCUT2D eigenvalue weighted by atomic mass is 19.1. The molecule has 0 heterocycles. The van der Waals surface area contributed by atoms with Crippen molar-refractivity contribution in [3.8, 4) is 0 Å². The van der Waals surface area contributed by atoms with Crippen molar-refractivity contribution in [1.29, 1.82) is 0 Å². The molecule has 0 fully saturated rings. The number of hydrogen-bond donors (Lipinski definition) is 1. The van der Waals surface area contributed by atoms with E-state index in [1.165, 1.54) is 6.92 Å². The average molecular weight is 139 g/mol. The van der Waals surface area contributed by atoms with Gasteiger partial charge < -0.3 is 0 Å². The first-order chi connectivity index (χ1) is 4.61. The first kappa shape index (κ1) is 7.22. The van der Waals surface area contributed by atoms with Gasteiger partial charge >= 0.3 is 0 Å². The largest absolute Gasteiger partial charge is 0.296 e. The molecule has 0 spiro atoms. The second-order valence-corrected chi connectivity index (χ2v) is 2.44. The van der Waals surface area contributed by atoms with E-state index >= 15 is 0 Å². The van der Waals surface area contributed by atoms with E-state index in [-0.39, 0.29) is 0 Å². The van der Waals surface area contributed by atoms with Crippen LogP contribution in [0.1, 0.15) is 12.5 Å². The van der Waals surface area contributed by atoms with E-state index in [9.17, 15) is 4.39 Å². The van der Waals surface area contributed by atoms with Crippen molar-refractivity contribution >= 4 is 0 Å². The van der Waals surface area contributed by atoms with Crippen molar-refractivity contribution < 1.29 is 4.39 Å². The van der Waals surface area contributed by atoms with Gasteiger partial charge in [0, 0.05) is 5.56 Å². The van der Waals surface area contributed by atoms with Crippen LogP contribution in [0.3, 0.4) is 0 Å². The molecule has 10 heavy (non-hydrogen) atoms. The first-order valence-electron chi connectivity index (χ1n) is 3.14. The Kier molecular flexibility index (Phi) is 1.72. The molecule has 0 saturated heterocycles. The van der Waals surface area contributed by atoms with Crippen molar-refractivity contribution in [2.75, 3.05) is 0 Å². The highest BCUT2D eigenvalue weighted by Gasteiger charge is 2.17. The van der Waals surface area contributed by atoms with Gasteiger partial charge in [0.2, 0.25) is 0 Å². The van der Waals surface area contributed by atoms with Gasteiger partial charge in [0.25, 0.3) is 0 Å². The van der Waals surface area contributed by atoms with Crippen LogP contribution in [0.5, 0.6) is 0 Å². The van der Waals surface area contributed by atoms with Crippen molar-refractivity contribution in [2.24, 2.45) is 5.73 Å². The highest BCUT2D eigenvalue weighted by molar-refractivity contribution is 5.19. The van der Waals surface area contributed by atoms with Crippen LogP contribution in [-0.2, 0) is 5.79 Å². The number of benzene rings is 1. The highest BCUT2D eigenvalue weighted by Crippen LogP contribution is 2.17. The summed E-state index contributed by atoms with van der Waals surface area (Å²) in [6.07, 6.45) is 0. The lowest BCUT2D eigenvalue weighted by Gasteiger charge is -2.13. The molecule has 0 aliphatic rings. The van der Waals surface area contributed by atoms with Crippen LogP contribution >= 0.6 is 0 Å². The van der Waals surface area contributed by atoms with Crippen molar-refractivity contribution in [2.45, 2.75) is 12.7 Å². The van der Waals surface area contributed by atoms with Crippen LogP contribution in [0.4, 0.5) is 4.39 Å². The fourth-order valence-electron chi connectivity index (χ4n) is 0.764. The lowest BCUT2D eigenvalue weighted by Crippen LogP contribution is -2.26. The van der Waals surface area contributed by atoms with Crippen molar-refractivity contribution in [1.82, 2.24) is 0 Å². The molecule has 1 rings (SSSR count). The van der Waals surface area contributed by atoms with Crippen LogP contribution in [0.2, 0.25) is 0 Å². The standard InChI is InChI=1S/C8H10FN/c1-8(9,10)7-5-3-2-4-6-7/h2-6H,10H2,1H3. The molecule has 0 bridgehead atoms. The number of hydrogen-bond acceptors (Lipinski definition) is 1. The maximum atomic E-state index is 12.9. The van der Waals surface area contributed by atoms with Crippen LogP contribution in [0.25, 0.3) is 0 Å². The minimum atomic E-state index is -1.71. The minimum Gasteiger partial charge on any atom is -0.296 e. The molecule has 54 valence electrons. The Bertz CT molecular complexity index is 200. The van der Waals surface area contributed by atoms with Crippen LogP contribution < -0.4 is 5.73 Å². The normalized spacial score (nSPS) is 16.3. The first-order valence-corrected chi connectivity index (χ1v) is 3.14. The van der Waals surface area contributed by atoms with E-state index in [1.54, 1.807) is 24.3 Å². The van der Waals surface area contributed by atoms with Gasteiger partial charge in [0.05, 0.1) is 0 Å². The molecule has 0 aromatic heterocycles. The summed E-state index contributed by atoms with van der Waals surface area (Å²) >= 11 is 0. The summed E-state index contributed by atoms with van der Waals surface area (Å²) in [4.78, 5) is 0.